The highest BCUT2D eigenvalue weighted by Gasteiger charge is 2.32. The van der Waals surface area contributed by atoms with Crippen molar-refractivity contribution < 1.29 is 18.7 Å². The van der Waals surface area contributed by atoms with Crippen LogP contribution in [0.2, 0.25) is 0 Å². The van der Waals surface area contributed by atoms with Gasteiger partial charge in [0.25, 0.3) is 0 Å². The molecule has 1 atom stereocenters. The minimum atomic E-state index is 0.0424. The number of methoxy groups -OCH3 is 1. The van der Waals surface area contributed by atoms with Gasteiger partial charge < -0.3 is 23.7 Å². The van der Waals surface area contributed by atoms with Crippen molar-refractivity contribution in [3.63, 3.8) is 0 Å². The smallest absolute Gasteiger partial charge is 0.230 e. The maximum Gasteiger partial charge on any atom is 0.230 e. The van der Waals surface area contributed by atoms with Crippen molar-refractivity contribution in [1.29, 1.82) is 0 Å². The van der Waals surface area contributed by atoms with Crippen LogP contribution in [0.25, 0.3) is 0 Å². The first-order valence-electron chi connectivity index (χ1n) is 12.4. The van der Waals surface area contributed by atoms with E-state index in [0.717, 1.165) is 49.5 Å². The number of benzene rings is 2. The van der Waals surface area contributed by atoms with E-state index in [1.165, 1.54) is 12.0 Å². The fourth-order valence-electron chi connectivity index (χ4n) is 4.84. The number of carbonyl (C=O) groups is 1. The minimum Gasteiger partial charge on any atom is -0.493 e. The number of aryl methyl sites for hydroxylation is 1. The van der Waals surface area contributed by atoms with Crippen molar-refractivity contribution in [2.45, 2.75) is 51.2 Å². The summed E-state index contributed by atoms with van der Waals surface area (Å²) in [5.74, 6) is 2.83. The highest BCUT2D eigenvalue weighted by Crippen LogP contribution is 2.36. The van der Waals surface area contributed by atoms with E-state index in [1.54, 1.807) is 20.2 Å². The van der Waals surface area contributed by atoms with Crippen LogP contribution in [0, 0.1) is 6.92 Å². The molecule has 5 rings (SSSR count). The Kier molecular flexibility index (Phi) is 6.93. The zero-order valence-corrected chi connectivity index (χ0v) is 20.5. The van der Waals surface area contributed by atoms with Gasteiger partial charge in [-0.1, -0.05) is 30.3 Å². The maximum atomic E-state index is 13.3. The third-order valence-corrected chi connectivity index (χ3v) is 6.97. The quantitative estimate of drug-likeness (QED) is 0.480. The van der Waals surface area contributed by atoms with Crippen LogP contribution in [0.15, 0.2) is 59.1 Å². The molecule has 0 bridgehead atoms. The Morgan fingerprint density at radius 1 is 1.11 bits per heavy atom. The lowest BCUT2D eigenvalue weighted by atomic mass is 9.96. The van der Waals surface area contributed by atoms with Crippen LogP contribution in [0.4, 0.5) is 5.69 Å². The second-order valence-corrected chi connectivity index (χ2v) is 9.40. The first-order valence-corrected chi connectivity index (χ1v) is 12.4. The lowest BCUT2D eigenvalue weighted by Crippen LogP contribution is -2.56. The molecule has 0 radical (unpaired) electrons. The van der Waals surface area contributed by atoms with Gasteiger partial charge in [-0.05, 0) is 43.4 Å². The van der Waals surface area contributed by atoms with E-state index in [-0.39, 0.29) is 24.5 Å². The number of anilines is 1. The summed E-state index contributed by atoms with van der Waals surface area (Å²) >= 11 is 0. The van der Waals surface area contributed by atoms with Gasteiger partial charge in [0.1, 0.15) is 5.76 Å². The molecule has 2 heterocycles. The van der Waals surface area contributed by atoms with Crippen LogP contribution in [0.5, 0.6) is 11.5 Å². The van der Waals surface area contributed by atoms with Gasteiger partial charge in [-0.3, -0.25) is 4.79 Å². The molecule has 2 aliphatic rings. The molecule has 1 saturated heterocycles. The Labute approximate surface area is 206 Å². The monoisotopic (exact) mass is 475 g/mol. The van der Waals surface area contributed by atoms with Crippen molar-refractivity contribution in [3.05, 3.63) is 71.9 Å². The second-order valence-electron chi connectivity index (χ2n) is 9.40. The SMILES string of the molecule is COc1ccc(N2CCN(C(=O)Cc3cnc(C)o3)[C@@H](Cc3ccccc3)C2)cc1OC1CCC1. The molecule has 0 N–H and O–H groups in total. The molecule has 35 heavy (non-hydrogen) atoms. The average Bonchev–Trinajstić information content (AvgIpc) is 3.26. The zero-order chi connectivity index (χ0) is 24.2. The lowest BCUT2D eigenvalue weighted by molar-refractivity contribution is -0.133. The van der Waals surface area contributed by atoms with Gasteiger partial charge in [-0.15, -0.1) is 0 Å². The van der Waals surface area contributed by atoms with E-state index < -0.39 is 0 Å². The summed E-state index contributed by atoms with van der Waals surface area (Å²) in [5, 5.41) is 0. The van der Waals surface area contributed by atoms with Gasteiger partial charge in [0.2, 0.25) is 5.91 Å². The fourth-order valence-corrected chi connectivity index (χ4v) is 4.84. The van der Waals surface area contributed by atoms with Crippen molar-refractivity contribution in [1.82, 2.24) is 9.88 Å². The first-order chi connectivity index (χ1) is 17.1. The van der Waals surface area contributed by atoms with Crippen LogP contribution in [0.3, 0.4) is 0 Å². The minimum absolute atomic E-state index is 0.0424. The lowest BCUT2D eigenvalue weighted by Gasteiger charge is -2.43. The number of carbonyl (C=O) groups excluding carboxylic acids is 1. The third kappa shape index (κ3) is 5.45. The topological polar surface area (TPSA) is 68.0 Å². The molecule has 2 aromatic carbocycles. The Hall–Kier alpha value is -3.48. The van der Waals surface area contributed by atoms with Gasteiger partial charge in [0.15, 0.2) is 17.4 Å². The van der Waals surface area contributed by atoms with E-state index in [1.807, 2.05) is 29.2 Å². The molecule has 1 saturated carbocycles. The van der Waals surface area contributed by atoms with Crippen LogP contribution >= 0.6 is 0 Å². The molecular formula is C28H33N3O4. The summed E-state index contributed by atoms with van der Waals surface area (Å²) in [6.45, 7) is 3.93. The average molecular weight is 476 g/mol. The van der Waals surface area contributed by atoms with Crippen molar-refractivity contribution in [2.75, 3.05) is 31.6 Å². The first kappa shape index (κ1) is 23.3. The number of oxazole rings is 1. The predicted molar refractivity (Wildman–Crippen MR) is 134 cm³/mol. The van der Waals surface area contributed by atoms with Crippen molar-refractivity contribution in [3.8, 4) is 11.5 Å². The van der Waals surface area contributed by atoms with Crippen LogP contribution < -0.4 is 14.4 Å². The highest BCUT2D eigenvalue weighted by atomic mass is 16.5. The molecule has 1 aliphatic carbocycles. The molecule has 1 aromatic heterocycles. The Balaban J connectivity index is 1.35. The number of nitrogens with zero attached hydrogens (tertiary/aromatic N) is 3. The molecule has 3 aromatic rings. The number of amides is 1. The molecule has 0 unspecified atom stereocenters. The molecule has 7 heteroatoms. The summed E-state index contributed by atoms with van der Waals surface area (Å²) < 4.78 is 17.3. The molecule has 7 nitrogen and oxygen atoms in total. The van der Waals surface area contributed by atoms with E-state index in [4.69, 9.17) is 13.9 Å². The van der Waals surface area contributed by atoms with Gasteiger partial charge in [0, 0.05) is 38.3 Å². The number of hydrogen-bond acceptors (Lipinski definition) is 6. The second kappa shape index (κ2) is 10.4. The number of aromatic nitrogens is 1. The maximum absolute atomic E-state index is 13.3. The van der Waals surface area contributed by atoms with Crippen LogP contribution in [-0.2, 0) is 17.6 Å². The van der Waals surface area contributed by atoms with E-state index >= 15 is 0 Å². The molecule has 1 aliphatic heterocycles. The van der Waals surface area contributed by atoms with Crippen molar-refractivity contribution >= 4 is 11.6 Å². The molecule has 2 fully saturated rings. The fraction of sp³-hybridized carbons (Fsp3) is 0.429. The summed E-state index contributed by atoms with van der Waals surface area (Å²) in [6, 6.07) is 16.6. The summed E-state index contributed by atoms with van der Waals surface area (Å²) in [6.07, 6.45) is 6.36. The van der Waals surface area contributed by atoms with Crippen LogP contribution in [-0.4, -0.2) is 54.7 Å². The van der Waals surface area contributed by atoms with Gasteiger partial charge in [-0.2, -0.15) is 0 Å². The zero-order valence-electron chi connectivity index (χ0n) is 20.5. The predicted octanol–water partition coefficient (Wildman–Crippen LogP) is 4.43. The normalized spacial score (nSPS) is 18.3. The third-order valence-electron chi connectivity index (χ3n) is 6.97. The standard InChI is InChI=1S/C28H33N3O4/c1-20-29-18-25(34-20)17-28(32)31-14-13-30(19-23(31)15-21-7-4-3-5-8-21)22-11-12-26(33-2)27(16-22)35-24-9-6-10-24/h3-5,7-8,11-12,16,18,23-24H,6,9-10,13-15,17,19H2,1-2H3/t23-/m0/s1. The van der Waals surface area contributed by atoms with Gasteiger partial charge in [0.05, 0.1) is 31.9 Å². The van der Waals surface area contributed by atoms with E-state index in [2.05, 4.69) is 34.1 Å². The number of piperazine rings is 1. The van der Waals surface area contributed by atoms with Crippen molar-refractivity contribution in [2.24, 2.45) is 0 Å². The Morgan fingerprint density at radius 2 is 1.94 bits per heavy atom. The summed E-state index contributed by atoms with van der Waals surface area (Å²) in [4.78, 5) is 21.8. The molecule has 184 valence electrons. The largest absolute Gasteiger partial charge is 0.493 e. The Bertz CT molecular complexity index is 1140. The van der Waals surface area contributed by atoms with Gasteiger partial charge in [-0.25, -0.2) is 4.98 Å². The molecule has 1 amide bonds. The van der Waals surface area contributed by atoms with Gasteiger partial charge >= 0.3 is 0 Å². The number of ether oxygens (including phenoxy) is 2. The number of rotatable bonds is 8. The Morgan fingerprint density at radius 3 is 2.63 bits per heavy atom. The summed E-state index contributed by atoms with van der Waals surface area (Å²) in [7, 11) is 1.68. The van der Waals surface area contributed by atoms with Crippen LogP contribution in [0.1, 0.15) is 36.5 Å². The van der Waals surface area contributed by atoms with E-state index in [0.29, 0.717) is 18.2 Å². The summed E-state index contributed by atoms with van der Waals surface area (Å²) in [5.41, 5.74) is 2.31. The van der Waals surface area contributed by atoms with E-state index in [9.17, 15) is 4.79 Å². The molecular weight excluding hydrogens is 442 g/mol. The highest BCUT2D eigenvalue weighted by molar-refractivity contribution is 5.79. The number of hydrogen-bond donors (Lipinski definition) is 0. The molecule has 0 spiro atoms.